The number of nitro groups is 1. The number of aliphatic imine (C=N–C) groups is 1. The van der Waals surface area contributed by atoms with E-state index in [-0.39, 0.29) is 11.4 Å². The fourth-order valence-corrected chi connectivity index (χ4v) is 2.88. The number of nitrogens with zero attached hydrogens (tertiary/aromatic N) is 3. The smallest absolute Gasteiger partial charge is 0.270 e. The zero-order chi connectivity index (χ0) is 20.4. The zero-order valence-corrected chi connectivity index (χ0v) is 16.7. The topological polar surface area (TPSA) is 79.0 Å². The Labute approximate surface area is 166 Å². The van der Waals surface area contributed by atoms with E-state index < -0.39 is 4.92 Å². The number of unbranched alkanes of at least 4 members (excludes halogenated alkanes) is 2. The standard InChI is InChI=1S/C22H29N3O3/c1-3-5-13-24(14-6-4-2)17-18-7-9-20(10-8-18)23-16-19-15-21(25(27)28)11-12-22(19)26/h7-12,15-16,26H,3-6,13-14,17H2,1-2H3. The van der Waals surface area contributed by atoms with E-state index in [4.69, 9.17) is 0 Å². The summed E-state index contributed by atoms with van der Waals surface area (Å²) in [6.07, 6.45) is 6.26. The molecule has 0 atom stereocenters. The molecule has 2 aromatic rings. The van der Waals surface area contributed by atoms with Crippen LogP contribution in [0.2, 0.25) is 0 Å². The van der Waals surface area contributed by atoms with Crippen LogP contribution in [0.25, 0.3) is 0 Å². The molecule has 0 spiro atoms. The third kappa shape index (κ3) is 6.78. The van der Waals surface area contributed by atoms with Gasteiger partial charge in [0.05, 0.1) is 10.6 Å². The van der Waals surface area contributed by atoms with E-state index in [1.54, 1.807) is 0 Å². The Morgan fingerprint density at radius 2 is 1.71 bits per heavy atom. The van der Waals surface area contributed by atoms with Gasteiger partial charge in [-0.05, 0) is 49.7 Å². The second kappa shape index (κ2) is 11.2. The van der Waals surface area contributed by atoms with E-state index in [2.05, 4.69) is 35.9 Å². The maximum atomic E-state index is 10.9. The molecule has 0 fully saturated rings. The normalized spacial score (nSPS) is 11.4. The second-order valence-corrected chi connectivity index (χ2v) is 6.91. The van der Waals surface area contributed by atoms with Crippen molar-refractivity contribution in [3.63, 3.8) is 0 Å². The maximum Gasteiger partial charge on any atom is 0.270 e. The van der Waals surface area contributed by atoms with Crippen molar-refractivity contribution >= 4 is 17.6 Å². The average molecular weight is 383 g/mol. The van der Waals surface area contributed by atoms with Gasteiger partial charge < -0.3 is 5.11 Å². The van der Waals surface area contributed by atoms with E-state index in [9.17, 15) is 15.2 Å². The van der Waals surface area contributed by atoms with Crippen molar-refractivity contribution in [2.24, 2.45) is 4.99 Å². The first-order valence-corrected chi connectivity index (χ1v) is 9.86. The minimum Gasteiger partial charge on any atom is -0.507 e. The third-order valence-electron chi connectivity index (χ3n) is 4.57. The van der Waals surface area contributed by atoms with Crippen molar-refractivity contribution in [3.8, 4) is 5.75 Å². The molecule has 1 N–H and O–H groups in total. The summed E-state index contributed by atoms with van der Waals surface area (Å²) in [5, 5.41) is 20.7. The Balaban J connectivity index is 2.04. The molecule has 0 bridgehead atoms. The summed E-state index contributed by atoms with van der Waals surface area (Å²) < 4.78 is 0. The number of hydrogen-bond donors (Lipinski definition) is 1. The molecule has 0 saturated heterocycles. The molecule has 0 aromatic heterocycles. The molecule has 6 heteroatoms. The largest absolute Gasteiger partial charge is 0.507 e. The first-order valence-electron chi connectivity index (χ1n) is 9.86. The fraction of sp³-hybridized carbons (Fsp3) is 0.409. The van der Waals surface area contributed by atoms with Crippen LogP contribution in [0.3, 0.4) is 0 Å². The molecule has 28 heavy (non-hydrogen) atoms. The molecule has 0 heterocycles. The zero-order valence-electron chi connectivity index (χ0n) is 16.7. The maximum absolute atomic E-state index is 10.9. The number of hydrogen-bond acceptors (Lipinski definition) is 5. The van der Waals surface area contributed by atoms with Crippen LogP contribution in [-0.2, 0) is 6.54 Å². The van der Waals surface area contributed by atoms with Crippen LogP contribution in [0, 0.1) is 10.1 Å². The van der Waals surface area contributed by atoms with Crippen LogP contribution in [-0.4, -0.2) is 34.2 Å². The number of non-ortho nitro benzene ring substituents is 1. The fourth-order valence-electron chi connectivity index (χ4n) is 2.88. The quantitative estimate of drug-likeness (QED) is 0.318. The van der Waals surface area contributed by atoms with Crippen molar-refractivity contribution < 1.29 is 10.0 Å². The predicted molar refractivity (Wildman–Crippen MR) is 114 cm³/mol. The molecule has 0 radical (unpaired) electrons. The number of nitro benzene ring substituents is 1. The van der Waals surface area contributed by atoms with E-state index in [1.807, 2.05) is 12.1 Å². The number of phenolic OH excluding ortho intramolecular Hbond substituents is 1. The Bertz CT molecular complexity index is 780. The Hall–Kier alpha value is -2.73. The monoisotopic (exact) mass is 383 g/mol. The highest BCUT2D eigenvalue weighted by Crippen LogP contribution is 2.22. The molecule has 0 aliphatic rings. The first kappa shape index (κ1) is 21.6. The number of benzene rings is 2. The van der Waals surface area contributed by atoms with Gasteiger partial charge in [-0.1, -0.05) is 38.8 Å². The van der Waals surface area contributed by atoms with Gasteiger partial charge in [0.2, 0.25) is 0 Å². The SMILES string of the molecule is CCCCN(CCCC)Cc1ccc(N=Cc2cc([N+](=O)[O-])ccc2O)cc1. The average Bonchev–Trinajstić information content (AvgIpc) is 2.70. The van der Waals surface area contributed by atoms with Gasteiger partial charge >= 0.3 is 0 Å². The van der Waals surface area contributed by atoms with Gasteiger partial charge in [0, 0.05) is 30.5 Å². The summed E-state index contributed by atoms with van der Waals surface area (Å²) in [4.78, 5) is 17.2. The molecular weight excluding hydrogens is 354 g/mol. The highest BCUT2D eigenvalue weighted by Gasteiger charge is 2.09. The summed E-state index contributed by atoms with van der Waals surface area (Å²) in [6, 6.07) is 11.9. The second-order valence-electron chi connectivity index (χ2n) is 6.91. The van der Waals surface area contributed by atoms with Gasteiger partial charge in [-0.2, -0.15) is 0 Å². The molecule has 0 saturated carbocycles. The minimum absolute atomic E-state index is 0.0338. The van der Waals surface area contributed by atoms with Crippen molar-refractivity contribution in [2.75, 3.05) is 13.1 Å². The van der Waals surface area contributed by atoms with Gasteiger partial charge in [-0.15, -0.1) is 0 Å². The summed E-state index contributed by atoms with van der Waals surface area (Å²) in [5.74, 6) is -0.0338. The summed E-state index contributed by atoms with van der Waals surface area (Å²) in [6.45, 7) is 7.58. The highest BCUT2D eigenvalue weighted by atomic mass is 16.6. The van der Waals surface area contributed by atoms with Crippen LogP contribution in [0.15, 0.2) is 47.5 Å². The van der Waals surface area contributed by atoms with Gasteiger partial charge in [0.15, 0.2) is 0 Å². The Morgan fingerprint density at radius 1 is 1.07 bits per heavy atom. The Kier molecular flexibility index (Phi) is 8.62. The summed E-state index contributed by atoms with van der Waals surface area (Å²) in [5.41, 5.74) is 2.23. The number of aromatic hydroxyl groups is 1. The van der Waals surface area contributed by atoms with Crippen LogP contribution in [0.5, 0.6) is 5.75 Å². The minimum atomic E-state index is -0.492. The van der Waals surface area contributed by atoms with E-state index in [0.717, 1.165) is 25.3 Å². The molecule has 0 aliphatic heterocycles. The van der Waals surface area contributed by atoms with E-state index in [1.165, 1.54) is 55.7 Å². The molecule has 2 rings (SSSR count). The summed E-state index contributed by atoms with van der Waals surface area (Å²) in [7, 11) is 0. The van der Waals surface area contributed by atoms with Crippen LogP contribution in [0.1, 0.15) is 50.7 Å². The summed E-state index contributed by atoms with van der Waals surface area (Å²) >= 11 is 0. The lowest BCUT2D eigenvalue weighted by Crippen LogP contribution is -2.25. The van der Waals surface area contributed by atoms with Gasteiger partial charge in [0.1, 0.15) is 5.75 Å². The lowest BCUT2D eigenvalue weighted by molar-refractivity contribution is -0.384. The van der Waals surface area contributed by atoms with Crippen LogP contribution >= 0.6 is 0 Å². The first-order chi connectivity index (χ1) is 13.5. The van der Waals surface area contributed by atoms with Crippen molar-refractivity contribution in [1.82, 2.24) is 4.90 Å². The van der Waals surface area contributed by atoms with Gasteiger partial charge in [0.25, 0.3) is 5.69 Å². The van der Waals surface area contributed by atoms with Crippen molar-refractivity contribution in [1.29, 1.82) is 0 Å². The molecule has 0 aliphatic carbocycles. The lowest BCUT2D eigenvalue weighted by atomic mass is 10.1. The van der Waals surface area contributed by atoms with Crippen molar-refractivity contribution in [2.45, 2.75) is 46.1 Å². The van der Waals surface area contributed by atoms with Crippen LogP contribution < -0.4 is 0 Å². The van der Waals surface area contributed by atoms with E-state index in [0.29, 0.717) is 5.56 Å². The molecule has 6 nitrogen and oxygen atoms in total. The van der Waals surface area contributed by atoms with Gasteiger partial charge in [-0.25, -0.2) is 0 Å². The predicted octanol–water partition coefficient (Wildman–Crippen LogP) is 5.45. The molecular formula is C22H29N3O3. The molecule has 0 amide bonds. The van der Waals surface area contributed by atoms with E-state index >= 15 is 0 Å². The highest BCUT2D eigenvalue weighted by molar-refractivity contribution is 5.86. The van der Waals surface area contributed by atoms with Gasteiger partial charge in [-0.3, -0.25) is 20.0 Å². The van der Waals surface area contributed by atoms with Crippen molar-refractivity contribution in [3.05, 3.63) is 63.7 Å². The lowest BCUT2D eigenvalue weighted by Gasteiger charge is -2.22. The number of rotatable bonds is 11. The number of phenols is 1. The molecule has 2 aromatic carbocycles. The van der Waals surface area contributed by atoms with Crippen LogP contribution in [0.4, 0.5) is 11.4 Å². The molecule has 150 valence electrons. The molecule has 0 unspecified atom stereocenters. The third-order valence-corrected chi connectivity index (χ3v) is 4.57. The Morgan fingerprint density at radius 3 is 2.29 bits per heavy atom.